The van der Waals surface area contributed by atoms with Gasteiger partial charge in [-0.25, -0.2) is 15.0 Å². The van der Waals surface area contributed by atoms with Crippen LogP contribution in [0.4, 0.5) is 0 Å². The molecule has 5 aromatic carbocycles. The molecule has 0 N–H and O–H groups in total. The van der Waals surface area contributed by atoms with Gasteiger partial charge in [0.1, 0.15) is 0 Å². The number of benzene rings is 5. The van der Waals surface area contributed by atoms with Crippen LogP contribution in [0, 0.1) is 0 Å². The lowest BCUT2D eigenvalue weighted by Gasteiger charge is -2.13. The third-order valence-corrected chi connectivity index (χ3v) is 9.53. The summed E-state index contributed by atoms with van der Waals surface area (Å²) < 4.78 is 0. The molecule has 5 nitrogen and oxygen atoms in total. The van der Waals surface area contributed by atoms with E-state index in [4.69, 9.17) is 19.9 Å². The molecule has 0 aliphatic rings. The zero-order chi connectivity index (χ0) is 34.9. The molecule has 0 atom stereocenters. The van der Waals surface area contributed by atoms with E-state index in [0.717, 1.165) is 95.5 Å². The zero-order valence-corrected chi connectivity index (χ0v) is 28.6. The van der Waals surface area contributed by atoms with Crippen LogP contribution in [0.1, 0.15) is 12.6 Å². The molecule has 4 aromatic heterocycles. The minimum absolute atomic E-state index is 0.673. The highest BCUT2D eigenvalue weighted by Crippen LogP contribution is 2.36. The van der Waals surface area contributed by atoms with Crippen LogP contribution in [0.2, 0.25) is 0 Å². The third kappa shape index (κ3) is 5.99. The third-order valence-electron chi connectivity index (χ3n) is 9.53. The van der Waals surface area contributed by atoms with Gasteiger partial charge in [0.15, 0.2) is 5.82 Å². The standard InChI is InChI=1S/C47H33N5/c1-2-39-28-41(40-24-22-34-23-25-42(32-11-5-3-6-12-32)50-45(34)46(40)49-39)37-16-9-15-36(27-37)31-18-20-35(21-19-31)47-51-43(33-13-7-4-8-14-33)29-44(52-47)38-17-10-26-48-30-38/h3-30H,2H2,1H3. The second-order valence-corrected chi connectivity index (χ2v) is 12.8. The summed E-state index contributed by atoms with van der Waals surface area (Å²) in [5.41, 5.74) is 14.1. The Kier molecular flexibility index (Phi) is 8.06. The minimum atomic E-state index is 0.673. The molecule has 0 spiro atoms. The molecule has 9 aromatic rings. The lowest BCUT2D eigenvalue weighted by Crippen LogP contribution is -1.96. The lowest BCUT2D eigenvalue weighted by molar-refractivity contribution is 1.06. The van der Waals surface area contributed by atoms with E-state index in [-0.39, 0.29) is 0 Å². The van der Waals surface area contributed by atoms with E-state index in [9.17, 15) is 0 Å². The van der Waals surface area contributed by atoms with Crippen molar-refractivity contribution in [3.8, 4) is 67.4 Å². The predicted molar refractivity (Wildman–Crippen MR) is 212 cm³/mol. The van der Waals surface area contributed by atoms with E-state index in [1.807, 2.05) is 60.8 Å². The molecule has 0 saturated carbocycles. The molecule has 0 saturated heterocycles. The number of hydrogen-bond donors (Lipinski definition) is 0. The van der Waals surface area contributed by atoms with Crippen LogP contribution in [0.15, 0.2) is 170 Å². The van der Waals surface area contributed by atoms with Crippen LogP contribution in [0.5, 0.6) is 0 Å². The summed E-state index contributed by atoms with van der Waals surface area (Å²) in [6.07, 6.45) is 4.44. The molecular formula is C47H33N5. The van der Waals surface area contributed by atoms with Crippen molar-refractivity contribution in [3.63, 3.8) is 0 Å². The fraction of sp³-hybridized carbons (Fsp3) is 0.0426. The van der Waals surface area contributed by atoms with Gasteiger partial charge in [-0.2, -0.15) is 0 Å². The summed E-state index contributed by atoms with van der Waals surface area (Å²) in [5, 5.41) is 2.17. The largest absolute Gasteiger partial charge is 0.264 e. The Labute approximate surface area is 302 Å². The summed E-state index contributed by atoms with van der Waals surface area (Å²) in [4.78, 5) is 24.6. The number of aryl methyl sites for hydroxylation is 1. The maximum absolute atomic E-state index is 5.15. The number of aromatic nitrogens is 5. The van der Waals surface area contributed by atoms with Crippen LogP contribution in [0.25, 0.3) is 89.2 Å². The summed E-state index contributed by atoms with van der Waals surface area (Å²) in [6.45, 7) is 2.16. The van der Waals surface area contributed by atoms with Crippen molar-refractivity contribution in [2.45, 2.75) is 13.3 Å². The Balaban J connectivity index is 1.10. The van der Waals surface area contributed by atoms with Gasteiger partial charge in [-0.15, -0.1) is 0 Å². The van der Waals surface area contributed by atoms with Crippen LogP contribution in [-0.4, -0.2) is 24.9 Å². The van der Waals surface area contributed by atoms with E-state index in [0.29, 0.717) is 5.82 Å². The first-order valence-electron chi connectivity index (χ1n) is 17.6. The predicted octanol–water partition coefficient (Wildman–Crippen LogP) is 11.5. The van der Waals surface area contributed by atoms with E-state index < -0.39 is 0 Å². The molecular weight excluding hydrogens is 635 g/mol. The van der Waals surface area contributed by atoms with Crippen molar-refractivity contribution in [1.29, 1.82) is 0 Å². The Morgan fingerprint density at radius 2 is 1.08 bits per heavy atom. The number of pyridine rings is 3. The van der Waals surface area contributed by atoms with Crippen molar-refractivity contribution < 1.29 is 0 Å². The topological polar surface area (TPSA) is 64.5 Å². The highest BCUT2D eigenvalue weighted by molar-refractivity contribution is 6.09. The Hall–Kier alpha value is -6.85. The molecule has 0 aliphatic heterocycles. The van der Waals surface area contributed by atoms with Gasteiger partial charge in [0, 0.05) is 51.1 Å². The first-order chi connectivity index (χ1) is 25.7. The van der Waals surface area contributed by atoms with E-state index in [2.05, 4.69) is 115 Å². The molecule has 0 amide bonds. The Bertz CT molecular complexity index is 2630. The van der Waals surface area contributed by atoms with Crippen LogP contribution >= 0.6 is 0 Å². The Morgan fingerprint density at radius 3 is 1.81 bits per heavy atom. The normalized spacial score (nSPS) is 11.2. The van der Waals surface area contributed by atoms with Crippen molar-refractivity contribution in [1.82, 2.24) is 24.9 Å². The first kappa shape index (κ1) is 31.2. The fourth-order valence-electron chi connectivity index (χ4n) is 6.79. The quantitative estimate of drug-likeness (QED) is 0.158. The summed E-state index contributed by atoms with van der Waals surface area (Å²) in [7, 11) is 0. The van der Waals surface area contributed by atoms with Crippen LogP contribution < -0.4 is 0 Å². The minimum Gasteiger partial charge on any atom is -0.264 e. The van der Waals surface area contributed by atoms with Crippen molar-refractivity contribution in [2.24, 2.45) is 0 Å². The summed E-state index contributed by atoms with van der Waals surface area (Å²) in [5.74, 6) is 0.673. The van der Waals surface area contributed by atoms with Crippen LogP contribution in [0.3, 0.4) is 0 Å². The highest BCUT2D eigenvalue weighted by atomic mass is 14.9. The van der Waals surface area contributed by atoms with Gasteiger partial charge in [-0.05, 0) is 65.1 Å². The smallest absolute Gasteiger partial charge is 0.160 e. The molecule has 5 heteroatoms. The monoisotopic (exact) mass is 667 g/mol. The maximum atomic E-state index is 5.15. The van der Waals surface area contributed by atoms with Gasteiger partial charge >= 0.3 is 0 Å². The molecule has 4 heterocycles. The van der Waals surface area contributed by atoms with E-state index in [1.165, 1.54) is 0 Å². The van der Waals surface area contributed by atoms with Crippen molar-refractivity contribution in [3.05, 3.63) is 176 Å². The zero-order valence-electron chi connectivity index (χ0n) is 28.6. The fourth-order valence-corrected chi connectivity index (χ4v) is 6.79. The lowest BCUT2D eigenvalue weighted by atomic mass is 9.94. The van der Waals surface area contributed by atoms with E-state index in [1.54, 1.807) is 6.20 Å². The van der Waals surface area contributed by atoms with Gasteiger partial charge in [-0.3, -0.25) is 9.97 Å². The highest BCUT2D eigenvalue weighted by Gasteiger charge is 2.15. The van der Waals surface area contributed by atoms with Crippen LogP contribution in [-0.2, 0) is 6.42 Å². The summed E-state index contributed by atoms with van der Waals surface area (Å²) >= 11 is 0. The van der Waals surface area contributed by atoms with Crippen molar-refractivity contribution >= 4 is 21.8 Å². The van der Waals surface area contributed by atoms with Gasteiger partial charge < -0.3 is 0 Å². The second kappa shape index (κ2) is 13.5. The molecule has 52 heavy (non-hydrogen) atoms. The maximum Gasteiger partial charge on any atom is 0.160 e. The summed E-state index contributed by atoms with van der Waals surface area (Å²) in [6, 6.07) is 54.7. The average Bonchev–Trinajstić information content (AvgIpc) is 3.24. The molecule has 0 aliphatic carbocycles. The van der Waals surface area contributed by atoms with Gasteiger partial charge in [-0.1, -0.05) is 128 Å². The van der Waals surface area contributed by atoms with Gasteiger partial charge in [0.2, 0.25) is 0 Å². The Morgan fingerprint density at radius 1 is 0.423 bits per heavy atom. The van der Waals surface area contributed by atoms with Crippen molar-refractivity contribution in [2.75, 3.05) is 0 Å². The molecule has 9 rings (SSSR count). The second-order valence-electron chi connectivity index (χ2n) is 12.8. The number of hydrogen-bond acceptors (Lipinski definition) is 5. The molecule has 0 radical (unpaired) electrons. The number of nitrogens with zero attached hydrogens (tertiary/aromatic N) is 5. The molecule has 0 fully saturated rings. The average molecular weight is 668 g/mol. The van der Waals surface area contributed by atoms with Gasteiger partial charge in [0.25, 0.3) is 0 Å². The first-order valence-corrected chi connectivity index (χ1v) is 17.6. The van der Waals surface area contributed by atoms with Gasteiger partial charge in [0.05, 0.1) is 28.1 Å². The van der Waals surface area contributed by atoms with E-state index >= 15 is 0 Å². The SMILES string of the molecule is CCc1cc(-c2cccc(-c3ccc(-c4nc(-c5ccccc5)cc(-c5cccnc5)n4)cc3)c2)c2ccc3ccc(-c4ccccc4)nc3c2n1. The molecule has 246 valence electrons. The number of rotatable bonds is 7. The molecule has 0 unspecified atom stereocenters. The number of fused-ring (bicyclic) bond motifs is 3. The molecule has 0 bridgehead atoms.